The van der Waals surface area contributed by atoms with Crippen LogP contribution in [-0.2, 0) is 6.54 Å². The number of guanidine groups is 1. The number of hydrogen-bond acceptors (Lipinski definition) is 3. The van der Waals surface area contributed by atoms with Crippen LogP contribution in [0.4, 0.5) is 0 Å². The number of halogens is 1. The molecule has 1 heterocycles. The molecule has 0 atom stereocenters. The lowest BCUT2D eigenvalue weighted by molar-refractivity contribution is 0.302. The van der Waals surface area contributed by atoms with Crippen LogP contribution in [0, 0.1) is 0 Å². The van der Waals surface area contributed by atoms with Crippen LogP contribution < -0.4 is 15.8 Å². The Balaban J connectivity index is 0.00000361. The minimum atomic E-state index is 0. The average molecular weight is 392 g/mol. The molecule has 114 valence electrons. The number of nitrogens with two attached hydrogens (primary N) is 1. The van der Waals surface area contributed by atoms with Crippen molar-refractivity contribution in [2.24, 2.45) is 10.7 Å². The van der Waals surface area contributed by atoms with Crippen molar-refractivity contribution < 1.29 is 4.74 Å². The summed E-state index contributed by atoms with van der Waals surface area (Å²) in [5.74, 6) is 1.12. The number of aromatic nitrogens is 1. The Labute approximate surface area is 138 Å². The summed E-state index contributed by atoms with van der Waals surface area (Å²) in [7, 11) is 0. The normalized spacial score (nSPS) is 10.8. The van der Waals surface area contributed by atoms with E-state index >= 15 is 0 Å². The summed E-state index contributed by atoms with van der Waals surface area (Å²) >= 11 is 0. The van der Waals surface area contributed by atoms with Crippen molar-refractivity contribution in [2.45, 2.75) is 39.7 Å². The molecule has 20 heavy (non-hydrogen) atoms. The summed E-state index contributed by atoms with van der Waals surface area (Å²) in [5, 5.41) is 3.08. The molecule has 0 saturated heterocycles. The molecule has 0 spiro atoms. The standard InChI is InChI=1S/C14H24N4O.HI/c1-3-5-8-17-14(15)18-11-12-7-6-9-16-13(12)19-10-4-2;/h6-7,9H,3-5,8,10-11H2,1-2H3,(H3,15,17,18);1H. The monoisotopic (exact) mass is 392 g/mol. The third-order valence-electron chi connectivity index (χ3n) is 2.55. The summed E-state index contributed by atoms with van der Waals surface area (Å²) in [6.07, 6.45) is 4.91. The summed E-state index contributed by atoms with van der Waals surface area (Å²) in [4.78, 5) is 8.52. The van der Waals surface area contributed by atoms with Crippen LogP contribution in [0.15, 0.2) is 23.3 Å². The van der Waals surface area contributed by atoms with Gasteiger partial charge in [0.05, 0.1) is 13.2 Å². The highest BCUT2D eigenvalue weighted by atomic mass is 127. The van der Waals surface area contributed by atoms with Crippen molar-refractivity contribution in [1.29, 1.82) is 0 Å². The fourth-order valence-electron chi connectivity index (χ4n) is 1.49. The summed E-state index contributed by atoms with van der Waals surface area (Å²) < 4.78 is 5.58. The molecule has 0 fully saturated rings. The molecule has 6 heteroatoms. The first-order chi connectivity index (χ1) is 9.27. The molecule has 0 aliphatic rings. The highest BCUT2D eigenvalue weighted by molar-refractivity contribution is 14.0. The van der Waals surface area contributed by atoms with E-state index in [1.54, 1.807) is 6.20 Å². The number of aliphatic imine (C=N–C) groups is 1. The van der Waals surface area contributed by atoms with E-state index < -0.39 is 0 Å². The Morgan fingerprint density at radius 3 is 2.90 bits per heavy atom. The maximum atomic E-state index is 5.79. The summed E-state index contributed by atoms with van der Waals surface area (Å²) in [5.41, 5.74) is 6.74. The predicted octanol–water partition coefficient (Wildman–Crippen LogP) is 2.69. The SMILES string of the molecule is CCCCNC(N)=NCc1cccnc1OCCC.I. The minimum absolute atomic E-state index is 0. The van der Waals surface area contributed by atoms with Crippen LogP contribution in [0.3, 0.4) is 0 Å². The molecule has 0 radical (unpaired) electrons. The lowest BCUT2D eigenvalue weighted by Crippen LogP contribution is -2.32. The number of pyridine rings is 1. The summed E-state index contributed by atoms with van der Waals surface area (Å²) in [6, 6.07) is 3.84. The van der Waals surface area contributed by atoms with Gasteiger partial charge in [0.25, 0.3) is 0 Å². The van der Waals surface area contributed by atoms with E-state index in [1.165, 1.54) is 0 Å². The van der Waals surface area contributed by atoms with Gasteiger partial charge >= 0.3 is 0 Å². The molecular weight excluding hydrogens is 367 g/mol. The zero-order chi connectivity index (χ0) is 13.9. The van der Waals surface area contributed by atoms with E-state index in [4.69, 9.17) is 10.5 Å². The second-order valence-corrected chi connectivity index (χ2v) is 4.30. The smallest absolute Gasteiger partial charge is 0.218 e. The van der Waals surface area contributed by atoms with Gasteiger partial charge in [0.2, 0.25) is 5.88 Å². The average Bonchev–Trinajstić information content (AvgIpc) is 2.44. The first-order valence-corrected chi connectivity index (χ1v) is 6.88. The first-order valence-electron chi connectivity index (χ1n) is 6.88. The van der Waals surface area contributed by atoms with Gasteiger partial charge in [-0.15, -0.1) is 24.0 Å². The van der Waals surface area contributed by atoms with E-state index in [2.05, 4.69) is 29.1 Å². The second-order valence-electron chi connectivity index (χ2n) is 4.30. The predicted molar refractivity (Wildman–Crippen MR) is 93.7 cm³/mol. The molecule has 0 unspecified atom stereocenters. The third-order valence-corrected chi connectivity index (χ3v) is 2.55. The molecule has 1 aromatic rings. The fourth-order valence-corrected chi connectivity index (χ4v) is 1.49. The van der Waals surface area contributed by atoms with Crippen LogP contribution in [0.2, 0.25) is 0 Å². The third kappa shape index (κ3) is 7.52. The Hall–Kier alpha value is -1.05. The van der Waals surface area contributed by atoms with E-state index in [9.17, 15) is 0 Å². The molecule has 1 rings (SSSR count). The molecule has 0 bridgehead atoms. The Morgan fingerprint density at radius 2 is 2.20 bits per heavy atom. The number of nitrogens with zero attached hydrogens (tertiary/aromatic N) is 2. The molecule has 3 N–H and O–H groups in total. The molecule has 1 aromatic heterocycles. The van der Waals surface area contributed by atoms with E-state index in [0.29, 0.717) is 25.0 Å². The highest BCUT2D eigenvalue weighted by Gasteiger charge is 2.03. The van der Waals surface area contributed by atoms with Gasteiger partial charge in [0.15, 0.2) is 5.96 Å². The van der Waals surface area contributed by atoms with Gasteiger partial charge < -0.3 is 15.8 Å². The molecule has 5 nitrogen and oxygen atoms in total. The maximum Gasteiger partial charge on any atom is 0.218 e. The Bertz CT molecular complexity index is 399. The van der Waals surface area contributed by atoms with Crippen LogP contribution in [0.25, 0.3) is 0 Å². The summed E-state index contributed by atoms with van der Waals surface area (Å²) in [6.45, 7) is 6.21. The number of nitrogens with one attached hydrogen (secondary N) is 1. The van der Waals surface area contributed by atoms with Gasteiger partial charge in [0, 0.05) is 18.3 Å². The highest BCUT2D eigenvalue weighted by Crippen LogP contribution is 2.15. The maximum absolute atomic E-state index is 5.79. The van der Waals surface area contributed by atoms with Gasteiger partial charge in [-0.3, -0.25) is 0 Å². The van der Waals surface area contributed by atoms with Crippen LogP contribution in [0.1, 0.15) is 38.7 Å². The molecule has 0 aliphatic carbocycles. The number of ether oxygens (including phenoxy) is 1. The molecule has 0 aromatic carbocycles. The quantitative estimate of drug-likeness (QED) is 0.309. The molecule has 0 aliphatic heterocycles. The van der Waals surface area contributed by atoms with Gasteiger partial charge in [-0.2, -0.15) is 0 Å². The van der Waals surface area contributed by atoms with Gasteiger partial charge in [-0.05, 0) is 18.9 Å². The minimum Gasteiger partial charge on any atom is -0.477 e. The van der Waals surface area contributed by atoms with Crippen molar-refractivity contribution in [3.63, 3.8) is 0 Å². The Morgan fingerprint density at radius 1 is 1.40 bits per heavy atom. The number of unbranched alkanes of at least 4 members (excludes halogenated alkanes) is 1. The van der Waals surface area contributed by atoms with Crippen molar-refractivity contribution >= 4 is 29.9 Å². The molecule has 0 saturated carbocycles. The largest absolute Gasteiger partial charge is 0.477 e. The van der Waals surface area contributed by atoms with Crippen LogP contribution >= 0.6 is 24.0 Å². The Kier molecular flexibility index (Phi) is 11.1. The fraction of sp³-hybridized carbons (Fsp3) is 0.571. The topological polar surface area (TPSA) is 72.5 Å². The van der Waals surface area contributed by atoms with Crippen molar-refractivity contribution in [3.8, 4) is 5.88 Å². The van der Waals surface area contributed by atoms with E-state index in [-0.39, 0.29) is 24.0 Å². The first kappa shape index (κ1) is 18.9. The van der Waals surface area contributed by atoms with Gasteiger partial charge in [-0.25, -0.2) is 9.98 Å². The van der Waals surface area contributed by atoms with Crippen molar-refractivity contribution in [1.82, 2.24) is 10.3 Å². The number of hydrogen-bond donors (Lipinski definition) is 2. The molecule has 0 amide bonds. The van der Waals surface area contributed by atoms with E-state index in [1.807, 2.05) is 12.1 Å². The van der Waals surface area contributed by atoms with Gasteiger partial charge in [0.1, 0.15) is 0 Å². The van der Waals surface area contributed by atoms with E-state index in [0.717, 1.165) is 31.4 Å². The lowest BCUT2D eigenvalue weighted by atomic mass is 10.3. The molecular formula is C14H25IN4O. The van der Waals surface area contributed by atoms with Gasteiger partial charge in [-0.1, -0.05) is 26.3 Å². The number of rotatable bonds is 8. The zero-order valence-corrected chi connectivity index (χ0v) is 14.6. The van der Waals surface area contributed by atoms with Crippen LogP contribution in [-0.4, -0.2) is 24.1 Å². The zero-order valence-electron chi connectivity index (χ0n) is 12.3. The van der Waals surface area contributed by atoms with Crippen molar-refractivity contribution in [3.05, 3.63) is 23.9 Å². The second kappa shape index (κ2) is 11.7. The lowest BCUT2D eigenvalue weighted by Gasteiger charge is -2.08. The van der Waals surface area contributed by atoms with Crippen molar-refractivity contribution in [2.75, 3.05) is 13.2 Å². The van der Waals surface area contributed by atoms with Crippen LogP contribution in [0.5, 0.6) is 5.88 Å².